The van der Waals surface area contributed by atoms with Crippen LogP contribution in [0.25, 0.3) is 0 Å². The van der Waals surface area contributed by atoms with E-state index in [1.165, 1.54) is 0 Å². The molecule has 0 aliphatic heterocycles. The zero-order valence-electron chi connectivity index (χ0n) is 16.1. The number of rotatable bonds is 8. The Bertz CT molecular complexity index is 877. The minimum atomic E-state index is -3.61. The number of anilines is 1. The van der Waals surface area contributed by atoms with Crippen molar-refractivity contribution in [2.24, 2.45) is 0 Å². The summed E-state index contributed by atoms with van der Waals surface area (Å²) < 4.78 is 31.0. The number of carbonyl (C=O) groups excluding carboxylic acids is 1. The van der Waals surface area contributed by atoms with Gasteiger partial charge in [0.1, 0.15) is 12.3 Å². The van der Waals surface area contributed by atoms with Crippen LogP contribution in [0.5, 0.6) is 5.75 Å². The van der Waals surface area contributed by atoms with Crippen LogP contribution in [0.1, 0.15) is 25.0 Å². The molecule has 2 aromatic carbocycles. The third kappa shape index (κ3) is 6.29. The van der Waals surface area contributed by atoms with E-state index in [4.69, 9.17) is 4.74 Å². The minimum absolute atomic E-state index is 0.0223. The molecule has 0 heterocycles. The molecule has 0 saturated heterocycles. The van der Waals surface area contributed by atoms with Crippen molar-refractivity contribution < 1.29 is 17.9 Å². The predicted molar refractivity (Wildman–Crippen MR) is 107 cm³/mol. The first kappa shape index (κ1) is 20.8. The normalized spacial score (nSPS) is 11.3. The van der Waals surface area contributed by atoms with Gasteiger partial charge in [-0.1, -0.05) is 24.3 Å². The molecule has 1 amide bonds. The number of hydrogen-bond acceptors (Lipinski definition) is 4. The SMILES string of the molecule is Cc1ccccc1CNC(=O)CN(c1ccc(OC(C)C)cc1)S(C)(=O)=O. The van der Waals surface area contributed by atoms with Gasteiger partial charge in [0.05, 0.1) is 18.0 Å². The molecule has 0 saturated carbocycles. The van der Waals surface area contributed by atoms with Gasteiger partial charge in [0, 0.05) is 6.54 Å². The Morgan fingerprint density at radius 3 is 2.30 bits per heavy atom. The van der Waals surface area contributed by atoms with E-state index < -0.39 is 10.0 Å². The predicted octanol–water partition coefficient (Wildman–Crippen LogP) is 2.86. The summed E-state index contributed by atoms with van der Waals surface area (Å²) in [6.45, 7) is 5.86. The molecule has 6 nitrogen and oxygen atoms in total. The number of sulfonamides is 1. The summed E-state index contributed by atoms with van der Waals surface area (Å²) >= 11 is 0. The van der Waals surface area contributed by atoms with Gasteiger partial charge in [-0.25, -0.2) is 8.42 Å². The summed E-state index contributed by atoms with van der Waals surface area (Å²) in [6, 6.07) is 14.4. The first-order chi connectivity index (χ1) is 12.7. The minimum Gasteiger partial charge on any atom is -0.491 e. The molecule has 7 heteroatoms. The van der Waals surface area contributed by atoms with Crippen molar-refractivity contribution in [3.63, 3.8) is 0 Å². The maximum absolute atomic E-state index is 12.3. The van der Waals surface area contributed by atoms with Crippen molar-refractivity contribution in [1.29, 1.82) is 0 Å². The number of hydrogen-bond donors (Lipinski definition) is 1. The lowest BCUT2D eigenvalue weighted by atomic mass is 10.1. The van der Waals surface area contributed by atoms with Crippen LogP contribution in [0, 0.1) is 6.92 Å². The summed E-state index contributed by atoms with van der Waals surface area (Å²) in [5.74, 6) is 0.275. The van der Waals surface area contributed by atoms with E-state index in [-0.39, 0.29) is 18.6 Å². The van der Waals surface area contributed by atoms with Gasteiger partial charge in [0.15, 0.2) is 0 Å². The molecule has 1 N–H and O–H groups in total. The van der Waals surface area contributed by atoms with Crippen LogP contribution in [0.2, 0.25) is 0 Å². The molecule has 0 aliphatic carbocycles. The topological polar surface area (TPSA) is 75.7 Å². The van der Waals surface area contributed by atoms with Gasteiger partial charge in [-0.2, -0.15) is 0 Å². The van der Waals surface area contributed by atoms with E-state index in [1.807, 2.05) is 45.0 Å². The molecular weight excluding hydrogens is 364 g/mol. The maximum atomic E-state index is 12.3. The summed E-state index contributed by atoms with van der Waals surface area (Å²) in [5, 5.41) is 2.78. The van der Waals surface area contributed by atoms with Gasteiger partial charge in [0.2, 0.25) is 15.9 Å². The van der Waals surface area contributed by atoms with E-state index in [0.29, 0.717) is 18.0 Å². The van der Waals surface area contributed by atoms with Gasteiger partial charge in [-0.15, -0.1) is 0 Å². The lowest BCUT2D eigenvalue weighted by Gasteiger charge is -2.22. The highest BCUT2D eigenvalue weighted by Gasteiger charge is 2.21. The maximum Gasteiger partial charge on any atom is 0.241 e. The summed E-state index contributed by atoms with van der Waals surface area (Å²) in [6.07, 6.45) is 1.11. The molecule has 0 aliphatic rings. The Balaban J connectivity index is 2.08. The van der Waals surface area contributed by atoms with Gasteiger partial charge in [0.25, 0.3) is 0 Å². The molecule has 0 radical (unpaired) electrons. The van der Waals surface area contributed by atoms with E-state index in [9.17, 15) is 13.2 Å². The van der Waals surface area contributed by atoms with Crippen LogP contribution >= 0.6 is 0 Å². The van der Waals surface area contributed by atoms with Crippen molar-refractivity contribution in [3.8, 4) is 5.75 Å². The molecule has 0 unspecified atom stereocenters. The third-order valence-electron chi connectivity index (χ3n) is 3.92. The van der Waals surface area contributed by atoms with Gasteiger partial charge >= 0.3 is 0 Å². The number of benzene rings is 2. The summed E-state index contributed by atoms with van der Waals surface area (Å²) in [5.41, 5.74) is 2.48. The average molecular weight is 391 g/mol. The van der Waals surface area contributed by atoms with Crippen LogP contribution in [-0.4, -0.2) is 33.2 Å². The smallest absolute Gasteiger partial charge is 0.241 e. The highest BCUT2D eigenvalue weighted by molar-refractivity contribution is 7.92. The van der Waals surface area contributed by atoms with Crippen LogP contribution in [0.4, 0.5) is 5.69 Å². The van der Waals surface area contributed by atoms with Crippen LogP contribution in [0.3, 0.4) is 0 Å². The fourth-order valence-electron chi connectivity index (χ4n) is 2.55. The van der Waals surface area contributed by atoms with Crippen molar-refractivity contribution in [2.45, 2.75) is 33.4 Å². The van der Waals surface area contributed by atoms with Gasteiger partial charge < -0.3 is 10.1 Å². The average Bonchev–Trinajstić information content (AvgIpc) is 2.58. The largest absolute Gasteiger partial charge is 0.491 e. The van der Waals surface area contributed by atoms with Crippen molar-refractivity contribution in [3.05, 3.63) is 59.7 Å². The third-order valence-corrected chi connectivity index (χ3v) is 5.06. The van der Waals surface area contributed by atoms with Crippen molar-refractivity contribution in [2.75, 3.05) is 17.1 Å². The second-order valence-electron chi connectivity index (χ2n) is 6.63. The molecule has 0 aromatic heterocycles. The fraction of sp³-hybridized carbons (Fsp3) is 0.350. The van der Waals surface area contributed by atoms with Crippen LogP contribution in [0.15, 0.2) is 48.5 Å². The highest BCUT2D eigenvalue weighted by atomic mass is 32.2. The quantitative estimate of drug-likeness (QED) is 0.752. The second-order valence-corrected chi connectivity index (χ2v) is 8.54. The van der Waals surface area contributed by atoms with Crippen molar-refractivity contribution in [1.82, 2.24) is 5.32 Å². The molecule has 0 spiro atoms. The number of carbonyl (C=O) groups is 1. The molecule has 0 fully saturated rings. The Kier molecular flexibility index (Phi) is 6.85. The lowest BCUT2D eigenvalue weighted by Crippen LogP contribution is -2.40. The number of aryl methyl sites for hydroxylation is 1. The number of nitrogens with zero attached hydrogens (tertiary/aromatic N) is 1. The Hall–Kier alpha value is -2.54. The second kappa shape index (κ2) is 8.90. The lowest BCUT2D eigenvalue weighted by molar-refractivity contribution is -0.119. The first-order valence-electron chi connectivity index (χ1n) is 8.72. The van der Waals surface area contributed by atoms with Crippen LogP contribution < -0.4 is 14.4 Å². The zero-order chi connectivity index (χ0) is 20.0. The molecule has 27 heavy (non-hydrogen) atoms. The van der Waals surface area contributed by atoms with Crippen LogP contribution in [-0.2, 0) is 21.4 Å². The number of ether oxygens (including phenoxy) is 1. The van der Waals surface area contributed by atoms with Crippen molar-refractivity contribution >= 4 is 21.6 Å². The molecule has 0 atom stereocenters. The van der Waals surface area contributed by atoms with E-state index in [1.54, 1.807) is 24.3 Å². The van der Waals surface area contributed by atoms with Gasteiger partial charge in [-0.3, -0.25) is 9.10 Å². The molecule has 0 bridgehead atoms. The number of nitrogens with one attached hydrogen (secondary N) is 1. The summed E-state index contributed by atoms with van der Waals surface area (Å²) in [7, 11) is -3.61. The zero-order valence-corrected chi connectivity index (χ0v) is 16.9. The Labute approximate surface area is 161 Å². The Morgan fingerprint density at radius 1 is 1.11 bits per heavy atom. The molecule has 2 rings (SSSR count). The van der Waals surface area contributed by atoms with E-state index >= 15 is 0 Å². The Morgan fingerprint density at radius 2 is 1.74 bits per heavy atom. The standard InChI is InChI=1S/C20H26N2O4S/c1-15(2)26-19-11-9-18(10-12-19)22(27(4,24)25)14-20(23)21-13-17-8-6-5-7-16(17)3/h5-12,15H,13-14H2,1-4H3,(H,21,23). The first-order valence-corrected chi connectivity index (χ1v) is 10.6. The fourth-order valence-corrected chi connectivity index (χ4v) is 3.41. The van der Waals surface area contributed by atoms with E-state index in [0.717, 1.165) is 21.7 Å². The molecular formula is C20H26N2O4S. The summed E-state index contributed by atoms with van der Waals surface area (Å²) in [4.78, 5) is 12.3. The monoisotopic (exact) mass is 390 g/mol. The highest BCUT2D eigenvalue weighted by Crippen LogP contribution is 2.22. The van der Waals surface area contributed by atoms with E-state index in [2.05, 4.69) is 5.32 Å². The number of amides is 1. The molecule has 2 aromatic rings. The van der Waals surface area contributed by atoms with Gasteiger partial charge in [-0.05, 0) is 56.2 Å². The molecule has 146 valence electrons.